The Bertz CT molecular complexity index is 1030. The van der Waals surface area contributed by atoms with Gasteiger partial charge in [0.2, 0.25) is 15.9 Å². The number of carbonyl (C=O) groups is 1. The van der Waals surface area contributed by atoms with Gasteiger partial charge in [-0.1, -0.05) is 30.3 Å². The normalized spacial score (nSPS) is 17.4. The second-order valence-electron chi connectivity index (χ2n) is 7.51. The van der Waals surface area contributed by atoms with Crippen LogP contribution in [0.4, 0.5) is 0 Å². The zero-order valence-electron chi connectivity index (χ0n) is 17.0. The van der Waals surface area contributed by atoms with E-state index in [4.69, 9.17) is 9.47 Å². The Morgan fingerprint density at radius 3 is 2.53 bits per heavy atom. The molecule has 0 spiro atoms. The lowest BCUT2D eigenvalue weighted by atomic mass is 9.99. The lowest BCUT2D eigenvalue weighted by molar-refractivity contribution is -0.131. The summed E-state index contributed by atoms with van der Waals surface area (Å²) in [5, 5.41) is 0. The van der Waals surface area contributed by atoms with Crippen LogP contribution in [0.25, 0.3) is 0 Å². The molecule has 0 aromatic heterocycles. The molecular formula is C22H26N2O5S. The number of fused-ring (bicyclic) bond motifs is 1. The van der Waals surface area contributed by atoms with Crippen LogP contribution >= 0.6 is 0 Å². The van der Waals surface area contributed by atoms with Gasteiger partial charge in [-0.2, -0.15) is 4.31 Å². The zero-order valence-corrected chi connectivity index (χ0v) is 17.9. The number of nitrogens with zero attached hydrogens (tertiary/aromatic N) is 2. The highest BCUT2D eigenvalue weighted by molar-refractivity contribution is 7.89. The van der Waals surface area contributed by atoms with E-state index in [2.05, 4.69) is 12.1 Å². The summed E-state index contributed by atoms with van der Waals surface area (Å²) in [7, 11) is -2.28. The first-order chi connectivity index (χ1) is 14.5. The minimum absolute atomic E-state index is 0.00982. The van der Waals surface area contributed by atoms with Crippen molar-refractivity contribution >= 4 is 15.9 Å². The highest BCUT2D eigenvalue weighted by Gasteiger charge is 2.30. The van der Waals surface area contributed by atoms with Gasteiger partial charge in [-0.25, -0.2) is 8.42 Å². The third-order valence-electron chi connectivity index (χ3n) is 5.65. The van der Waals surface area contributed by atoms with Crippen LogP contribution in [0.2, 0.25) is 0 Å². The standard InChI is InChI=1S/C22H26N2O5S/c1-28-20-7-6-17(14-21(20)30(26,27)24-10-12-29-13-11-24)15-22(25)23-9-8-18-4-2-3-5-19(18)16-23/h2-7,14H,8-13,15-16H2,1H3. The Balaban J connectivity index is 1.54. The lowest BCUT2D eigenvalue weighted by Gasteiger charge is -2.29. The Kier molecular flexibility index (Phi) is 6.08. The maximum Gasteiger partial charge on any atom is 0.246 e. The molecule has 160 valence electrons. The van der Waals surface area contributed by atoms with Crippen molar-refractivity contribution in [1.29, 1.82) is 0 Å². The predicted octanol–water partition coefficient (Wildman–Crippen LogP) is 1.84. The molecule has 2 aromatic rings. The van der Waals surface area contributed by atoms with Crippen molar-refractivity contribution in [1.82, 2.24) is 9.21 Å². The third-order valence-corrected chi connectivity index (χ3v) is 7.57. The van der Waals surface area contributed by atoms with E-state index in [-0.39, 0.29) is 23.0 Å². The molecule has 0 saturated carbocycles. The molecule has 0 aliphatic carbocycles. The average Bonchev–Trinajstić information content (AvgIpc) is 2.79. The van der Waals surface area contributed by atoms with Crippen LogP contribution in [0.5, 0.6) is 5.75 Å². The number of rotatable bonds is 5. The van der Waals surface area contributed by atoms with Crippen molar-refractivity contribution in [2.75, 3.05) is 40.0 Å². The first-order valence-electron chi connectivity index (χ1n) is 10.1. The topological polar surface area (TPSA) is 76.2 Å². The number of methoxy groups -OCH3 is 1. The van der Waals surface area contributed by atoms with Gasteiger partial charge in [0.15, 0.2) is 0 Å². The number of ether oxygens (including phenoxy) is 2. The van der Waals surface area contributed by atoms with Crippen molar-refractivity contribution in [3.05, 3.63) is 59.2 Å². The predicted molar refractivity (Wildman–Crippen MR) is 112 cm³/mol. The summed E-state index contributed by atoms with van der Waals surface area (Å²) in [5.74, 6) is 0.272. The van der Waals surface area contributed by atoms with E-state index in [0.29, 0.717) is 45.0 Å². The molecule has 0 N–H and O–H groups in total. The van der Waals surface area contributed by atoms with Gasteiger partial charge in [-0.15, -0.1) is 0 Å². The van der Waals surface area contributed by atoms with Gasteiger partial charge in [-0.3, -0.25) is 4.79 Å². The number of hydrogen-bond donors (Lipinski definition) is 0. The number of benzene rings is 2. The maximum absolute atomic E-state index is 13.1. The molecule has 2 aliphatic heterocycles. The highest BCUT2D eigenvalue weighted by Crippen LogP contribution is 2.29. The fourth-order valence-corrected chi connectivity index (χ4v) is 5.57. The molecule has 1 fully saturated rings. The maximum atomic E-state index is 13.1. The molecule has 0 radical (unpaired) electrons. The summed E-state index contributed by atoms with van der Waals surface area (Å²) in [6.07, 6.45) is 0.985. The molecule has 30 heavy (non-hydrogen) atoms. The monoisotopic (exact) mass is 430 g/mol. The van der Waals surface area contributed by atoms with Gasteiger partial charge in [0.05, 0.1) is 26.7 Å². The van der Waals surface area contributed by atoms with E-state index < -0.39 is 10.0 Å². The summed E-state index contributed by atoms with van der Waals surface area (Å²) in [5.41, 5.74) is 3.11. The van der Waals surface area contributed by atoms with E-state index in [9.17, 15) is 13.2 Å². The van der Waals surface area contributed by atoms with Crippen LogP contribution in [0.3, 0.4) is 0 Å². The first kappa shape index (κ1) is 20.8. The third kappa shape index (κ3) is 4.21. The van der Waals surface area contributed by atoms with Gasteiger partial charge in [0.25, 0.3) is 0 Å². The quantitative estimate of drug-likeness (QED) is 0.724. The van der Waals surface area contributed by atoms with Gasteiger partial charge < -0.3 is 14.4 Å². The van der Waals surface area contributed by atoms with Gasteiger partial charge >= 0.3 is 0 Å². The second kappa shape index (κ2) is 8.75. The Hall–Kier alpha value is -2.42. The molecule has 8 heteroatoms. The number of sulfonamides is 1. The first-order valence-corrected chi connectivity index (χ1v) is 11.5. The van der Waals surface area contributed by atoms with Gasteiger partial charge in [0.1, 0.15) is 10.6 Å². The molecule has 2 heterocycles. The number of hydrogen-bond acceptors (Lipinski definition) is 5. The minimum atomic E-state index is -3.72. The molecule has 0 bridgehead atoms. The van der Waals surface area contributed by atoms with Crippen LogP contribution in [0.15, 0.2) is 47.4 Å². The lowest BCUT2D eigenvalue weighted by Crippen LogP contribution is -2.40. The van der Waals surface area contributed by atoms with Crippen LogP contribution in [-0.4, -0.2) is 63.5 Å². The molecule has 4 rings (SSSR count). The van der Waals surface area contributed by atoms with Crippen LogP contribution in [0.1, 0.15) is 16.7 Å². The van der Waals surface area contributed by atoms with Crippen molar-refractivity contribution in [3.63, 3.8) is 0 Å². The Morgan fingerprint density at radius 2 is 1.80 bits per heavy atom. The fourth-order valence-electron chi connectivity index (χ4n) is 3.95. The molecule has 2 aliphatic rings. The largest absolute Gasteiger partial charge is 0.495 e. The molecule has 7 nitrogen and oxygen atoms in total. The van der Waals surface area contributed by atoms with Crippen molar-refractivity contribution < 1.29 is 22.7 Å². The van der Waals surface area contributed by atoms with E-state index in [1.54, 1.807) is 18.2 Å². The van der Waals surface area contributed by atoms with Crippen LogP contribution < -0.4 is 4.74 Å². The highest BCUT2D eigenvalue weighted by atomic mass is 32.2. The van der Waals surface area contributed by atoms with Crippen molar-refractivity contribution in [3.8, 4) is 5.75 Å². The molecule has 2 aromatic carbocycles. The summed E-state index contributed by atoms with van der Waals surface area (Å²) >= 11 is 0. The summed E-state index contributed by atoms with van der Waals surface area (Å²) < 4.78 is 38.3. The zero-order chi connectivity index (χ0) is 21.1. The number of morpholine rings is 1. The molecule has 1 amide bonds. The number of carbonyl (C=O) groups excluding carboxylic acids is 1. The Labute approximate surface area is 177 Å². The molecule has 1 saturated heterocycles. The summed E-state index contributed by atoms with van der Waals surface area (Å²) in [4.78, 5) is 14.8. The van der Waals surface area contributed by atoms with E-state index in [1.807, 2.05) is 17.0 Å². The Morgan fingerprint density at radius 1 is 1.07 bits per heavy atom. The van der Waals surface area contributed by atoms with E-state index >= 15 is 0 Å². The SMILES string of the molecule is COc1ccc(CC(=O)N2CCc3ccccc3C2)cc1S(=O)(=O)N1CCOCC1. The smallest absolute Gasteiger partial charge is 0.246 e. The summed E-state index contributed by atoms with van der Waals surface area (Å²) in [6.45, 7) is 2.62. The molecule has 0 atom stereocenters. The second-order valence-corrected chi connectivity index (χ2v) is 9.42. The fraction of sp³-hybridized carbons (Fsp3) is 0.409. The van der Waals surface area contributed by atoms with E-state index in [0.717, 1.165) is 6.42 Å². The van der Waals surface area contributed by atoms with Crippen molar-refractivity contribution in [2.45, 2.75) is 24.3 Å². The summed E-state index contributed by atoms with van der Waals surface area (Å²) in [6, 6.07) is 13.1. The molecule has 0 unspecified atom stereocenters. The minimum Gasteiger partial charge on any atom is -0.495 e. The van der Waals surface area contributed by atoms with Gasteiger partial charge in [-0.05, 0) is 35.2 Å². The van der Waals surface area contributed by atoms with Crippen molar-refractivity contribution in [2.24, 2.45) is 0 Å². The van der Waals surface area contributed by atoms with Crippen LogP contribution in [-0.2, 0) is 38.9 Å². The van der Waals surface area contributed by atoms with E-state index in [1.165, 1.54) is 22.5 Å². The number of amides is 1. The molecular weight excluding hydrogens is 404 g/mol. The van der Waals surface area contributed by atoms with Gasteiger partial charge in [0, 0.05) is 26.2 Å². The average molecular weight is 431 g/mol. The van der Waals surface area contributed by atoms with Crippen LogP contribution in [0, 0.1) is 0 Å².